The fourth-order valence-corrected chi connectivity index (χ4v) is 4.54. The molecule has 1 aromatic carbocycles. The SMILES string of the molecule is O=c1n(Cc2cccc(NS(=O)(=O)CC3CCCO3)c2)nc2ccccn12. The number of nitrogens with zero attached hydrogens (tertiary/aromatic N) is 3. The number of rotatable bonds is 6. The maximum atomic E-state index is 12.4. The molecule has 1 unspecified atom stereocenters. The van der Waals surface area contributed by atoms with Crippen LogP contribution in [0.25, 0.3) is 5.65 Å². The van der Waals surface area contributed by atoms with Gasteiger partial charge in [0.2, 0.25) is 10.0 Å². The summed E-state index contributed by atoms with van der Waals surface area (Å²) in [5, 5.41) is 4.29. The van der Waals surface area contributed by atoms with Crippen LogP contribution in [-0.4, -0.2) is 41.1 Å². The van der Waals surface area contributed by atoms with Crippen molar-refractivity contribution in [1.29, 1.82) is 0 Å². The maximum Gasteiger partial charge on any atom is 0.350 e. The molecule has 3 aromatic rings. The van der Waals surface area contributed by atoms with Gasteiger partial charge in [-0.2, -0.15) is 0 Å². The van der Waals surface area contributed by atoms with Gasteiger partial charge in [-0.15, -0.1) is 5.10 Å². The van der Waals surface area contributed by atoms with Crippen LogP contribution in [0.5, 0.6) is 0 Å². The third-order valence-electron chi connectivity index (χ3n) is 4.45. The molecule has 0 spiro atoms. The van der Waals surface area contributed by atoms with Crippen molar-refractivity contribution in [3.8, 4) is 0 Å². The molecule has 142 valence electrons. The van der Waals surface area contributed by atoms with Gasteiger partial charge in [0, 0.05) is 18.5 Å². The monoisotopic (exact) mass is 388 g/mol. The molecule has 0 bridgehead atoms. The van der Waals surface area contributed by atoms with Gasteiger partial charge in [-0.1, -0.05) is 18.2 Å². The summed E-state index contributed by atoms with van der Waals surface area (Å²) in [6.07, 6.45) is 3.07. The van der Waals surface area contributed by atoms with E-state index < -0.39 is 10.0 Å². The van der Waals surface area contributed by atoms with Crippen molar-refractivity contribution in [3.05, 3.63) is 64.7 Å². The Morgan fingerprint density at radius 2 is 2.11 bits per heavy atom. The van der Waals surface area contributed by atoms with Crippen LogP contribution in [0.3, 0.4) is 0 Å². The van der Waals surface area contributed by atoms with Crippen LogP contribution in [-0.2, 0) is 21.3 Å². The third-order valence-corrected chi connectivity index (χ3v) is 5.81. The van der Waals surface area contributed by atoms with E-state index in [9.17, 15) is 13.2 Å². The van der Waals surface area contributed by atoms with Gasteiger partial charge in [-0.25, -0.2) is 17.9 Å². The third kappa shape index (κ3) is 4.04. The van der Waals surface area contributed by atoms with Crippen LogP contribution < -0.4 is 10.4 Å². The first-order chi connectivity index (χ1) is 13.0. The molecule has 0 saturated carbocycles. The Hall–Kier alpha value is -2.65. The Labute approximate surface area is 156 Å². The highest BCUT2D eigenvalue weighted by molar-refractivity contribution is 7.92. The number of ether oxygens (including phenoxy) is 1. The predicted molar refractivity (Wildman–Crippen MR) is 101 cm³/mol. The number of pyridine rings is 1. The summed E-state index contributed by atoms with van der Waals surface area (Å²) < 4.78 is 35.5. The Balaban J connectivity index is 1.51. The molecule has 3 heterocycles. The van der Waals surface area contributed by atoms with Gasteiger partial charge >= 0.3 is 5.69 Å². The van der Waals surface area contributed by atoms with Gasteiger partial charge in [-0.3, -0.25) is 9.12 Å². The normalized spacial score (nSPS) is 17.4. The molecule has 4 rings (SSSR count). The van der Waals surface area contributed by atoms with Crippen LogP contribution in [0.15, 0.2) is 53.5 Å². The minimum atomic E-state index is -3.50. The molecule has 0 amide bonds. The van der Waals surface area contributed by atoms with E-state index in [1.54, 1.807) is 36.5 Å². The zero-order valence-electron chi connectivity index (χ0n) is 14.6. The number of fused-ring (bicyclic) bond motifs is 1. The molecule has 2 aromatic heterocycles. The standard InChI is InChI=1S/C18H20N4O4S/c23-18-21-9-2-1-8-17(21)19-22(18)12-14-5-3-6-15(11-14)20-27(24,25)13-16-7-4-10-26-16/h1-3,5-6,8-9,11,16,20H,4,7,10,12-13H2. The highest BCUT2D eigenvalue weighted by Gasteiger charge is 2.23. The topological polar surface area (TPSA) is 94.7 Å². The number of sulfonamides is 1. The fourth-order valence-electron chi connectivity index (χ4n) is 3.22. The first-order valence-corrected chi connectivity index (χ1v) is 10.4. The molecule has 1 aliphatic heterocycles. The summed E-state index contributed by atoms with van der Waals surface area (Å²) in [7, 11) is -3.50. The highest BCUT2D eigenvalue weighted by Crippen LogP contribution is 2.17. The van der Waals surface area contributed by atoms with E-state index in [0.717, 1.165) is 18.4 Å². The Morgan fingerprint density at radius 3 is 2.89 bits per heavy atom. The fraction of sp³-hybridized carbons (Fsp3) is 0.333. The van der Waals surface area contributed by atoms with Crippen molar-refractivity contribution >= 4 is 21.4 Å². The number of hydrogen-bond donors (Lipinski definition) is 1. The molecule has 0 radical (unpaired) electrons. The van der Waals surface area contributed by atoms with Gasteiger partial charge < -0.3 is 4.74 Å². The molecule has 9 heteroatoms. The van der Waals surface area contributed by atoms with E-state index >= 15 is 0 Å². The summed E-state index contributed by atoms with van der Waals surface area (Å²) in [6, 6.07) is 12.3. The predicted octanol–water partition coefficient (Wildman–Crippen LogP) is 1.46. The van der Waals surface area contributed by atoms with Crippen molar-refractivity contribution in [3.63, 3.8) is 0 Å². The summed E-state index contributed by atoms with van der Waals surface area (Å²) in [4.78, 5) is 12.4. The van der Waals surface area contributed by atoms with Crippen LogP contribution in [0.4, 0.5) is 5.69 Å². The van der Waals surface area contributed by atoms with Crippen LogP contribution >= 0.6 is 0 Å². The zero-order chi connectivity index (χ0) is 18.9. The summed E-state index contributed by atoms with van der Waals surface area (Å²) in [6.45, 7) is 0.866. The minimum Gasteiger partial charge on any atom is -0.377 e. The molecule has 1 aliphatic rings. The van der Waals surface area contributed by atoms with E-state index in [1.807, 2.05) is 12.1 Å². The number of nitrogens with one attached hydrogen (secondary N) is 1. The molecule has 1 atom stereocenters. The van der Waals surface area contributed by atoms with E-state index in [4.69, 9.17) is 4.74 Å². The molecule has 8 nitrogen and oxygen atoms in total. The van der Waals surface area contributed by atoms with Crippen molar-refractivity contribution < 1.29 is 13.2 Å². The van der Waals surface area contributed by atoms with Gasteiger partial charge in [0.25, 0.3) is 0 Å². The number of aromatic nitrogens is 3. The second-order valence-corrected chi connectivity index (χ2v) is 8.35. The van der Waals surface area contributed by atoms with E-state index in [-0.39, 0.29) is 24.1 Å². The highest BCUT2D eigenvalue weighted by atomic mass is 32.2. The molecule has 1 N–H and O–H groups in total. The number of anilines is 1. The van der Waals surface area contributed by atoms with Crippen molar-refractivity contribution in [2.75, 3.05) is 17.1 Å². The van der Waals surface area contributed by atoms with E-state index in [0.29, 0.717) is 17.9 Å². The lowest BCUT2D eigenvalue weighted by Gasteiger charge is -2.12. The summed E-state index contributed by atoms with van der Waals surface area (Å²) in [5.74, 6) is -0.0525. The maximum absolute atomic E-state index is 12.4. The van der Waals surface area contributed by atoms with Crippen LogP contribution in [0, 0.1) is 0 Å². The zero-order valence-corrected chi connectivity index (χ0v) is 15.4. The Kier molecular flexibility index (Phi) is 4.71. The number of hydrogen-bond acceptors (Lipinski definition) is 5. The van der Waals surface area contributed by atoms with Gasteiger partial charge in [0.15, 0.2) is 5.65 Å². The molecule has 27 heavy (non-hydrogen) atoms. The number of benzene rings is 1. The van der Waals surface area contributed by atoms with Crippen molar-refractivity contribution in [2.45, 2.75) is 25.5 Å². The average molecular weight is 388 g/mol. The smallest absolute Gasteiger partial charge is 0.350 e. The van der Waals surface area contributed by atoms with Crippen LogP contribution in [0.2, 0.25) is 0 Å². The minimum absolute atomic E-state index is 0.0525. The first-order valence-electron chi connectivity index (χ1n) is 8.75. The lowest BCUT2D eigenvalue weighted by atomic mass is 10.2. The molecular weight excluding hydrogens is 368 g/mol. The van der Waals surface area contributed by atoms with E-state index in [2.05, 4.69) is 9.82 Å². The second-order valence-electron chi connectivity index (χ2n) is 6.59. The van der Waals surface area contributed by atoms with Gasteiger partial charge in [0.05, 0.1) is 18.4 Å². The average Bonchev–Trinajstić information content (AvgIpc) is 3.23. The van der Waals surface area contributed by atoms with Gasteiger partial charge in [0.1, 0.15) is 0 Å². The first kappa shape index (κ1) is 17.7. The van der Waals surface area contributed by atoms with Gasteiger partial charge in [-0.05, 0) is 42.7 Å². The van der Waals surface area contributed by atoms with Crippen LogP contribution in [0.1, 0.15) is 18.4 Å². The van der Waals surface area contributed by atoms with Crippen molar-refractivity contribution in [1.82, 2.24) is 14.2 Å². The molecular formula is C18H20N4O4S. The lowest BCUT2D eigenvalue weighted by Crippen LogP contribution is -2.25. The Morgan fingerprint density at radius 1 is 1.22 bits per heavy atom. The Bertz CT molecular complexity index is 1110. The molecule has 0 aliphatic carbocycles. The summed E-state index contributed by atoms with van der Waals surface area (Å²) in [5.41, 5.74) is 1.56. The second kappa shape index (κ2) is 7.16. The van der Waals surface area contributed by atoms with E-state index in [1.165, 1.54) is 9.08 Å². The molecule has 1 fully saturated rings. The quantitative estimate of drug-likeness (QED) is 0.690. The molecule has 1 saturated heterocycles. The van der Waals surface area contributed by atoms with Crippen molar-refractivity contribution in [2.24, 2.45) is 0 Å². The summed E-state index contributed by atoms with van der Waals surface area (Å²) >= 11 is 0. The lowest BCUT2D eigenvalue weighted by molar-refractivity contribution is 0.127. The largest absolute Gasteiger partial charge is 0.377 e.